The van der Waals surface area contributed by atoms with E-state index in [0.717, 1.165) is 32.0 Å². The lowest BCUT2D eigenvalue weighted by Gasteiger charge is -2.17. The molecule has 160 valence electrons. The molecular formula is C23H23N3O3S2. The van der Waals surface area contributed by atoms with Gasteiger partial charge >= 0.3 is 0 Å². The highest BCUT2D eigenvalue weighted by Crippen LogP contribution is 2.38. The number of benzene rings is 2. The Kier molecular flexibility index (Phi) is 6.58. The number of rotatable bonds is 7. The number of methoxy groups -OCH3 is 1. The maximum atomic E-state index is 13.1. The van der Waals surface area contributed by atoms with Crippen LogP contribution in [0.1, 0.15) is 13.3 Å². The Hall–Kier alpha value is -2.84. The smallest absolute Gasteiger partial charge is 0.230 e. The molecule has 1 N–H and O–H groups in total. The number of aromatic nitrogens is 1. The summed E-state index contributed by atoms with van der Waals surface area (Å²) in [5.41, 5.74) is 2.46. The average Bonchev–Trinajstić information content (AvgIpc) is 3.38. The molecule has 1 saturated heterocycles. The highest BCUT2D eigenvalue weighted by molar-refractivity contribution is 8.01. The van der Waals surface area contributed by atoms with Crippen molar-refractivity contribution in [2.75, 3.05) is 29.6 Å². The molecule has 1 fully saturated rings. The molecule has 4 rings (SSSR count). The first-order chi connectivity index (χ1) is 15.1. The van der Waals surface area contributed by atoms with Gasteiger partial charge in [-0.1, -0.05) is 66.4 Å². The zero-order valence-electron chi connectivity index (χ0n) is 17.3. The summed E-state index contributed by atoms with van der Waals surface area (Å²) in [5, 5.41) is 3.77. The van der Waals surface area contributed by atoms with Crippen LogP contribution in [0.5, 0.6) is 5.75 Å². The predicted molar refractivity (Wildman–Crippen MR) is 126 cm³/mol. The van der Waals surface area contributed by atoms with E-state index in [2.05, 4.69) is 12.2 Å². The fourth-order valence-corrected chi connectivity index (χ4v) is 5.45. The van der Waals surface area contributed by atoms with E-state index in [-0.39, 0.29) is 18.2 Å². The van der Waals surface area contributed by atoms with Crippen molar-refractivity contribution >= 4 is 45.6 Å². The van der Waals surface area contributed by atoms with Gasteiger partial charge in [-0.25, -0.2) is 4.98 Å². The minimum absolute atomic E-state index is 0.0665. The molecule has 0 spiro atoms. The molecular weight excluding hydrogens is 430 g/mol. The number of nitrogens with one attached hydrogen (secondary N) is 1. The molecule has 2 aromatic carbocycles. The number of hydrogen-bond acceptors (Lipinski definition) is 6. The lowest BCUT2D eigenvalue weighted by Crippen LogP contribution is -2.28. The van der Waals surface area contributed by atoms with Crippen molar-refractivity contribution in [3.8, 4) is 17.0 Å². The summed E-state index contributed by atoms with van der Waals surface area (Å²) in [4.78, 5) is 32.1. The second-order valence-corrected chi connectivity index (χ2v) is 9.56. The number of carbonyl (C=O) groups is 2. The fraction of sp³-hybridized carbons (Fsp3) is 0.261. The number of amides is 2. The Balaban J connectivity index is 1.53. The molecule has 3 aromatic rings. The van der Waals surface area contributed by atoms with Crippen LogP contribution >= 0.6 is 23.1 Å². The van der Waals surface area contributed by atoms with Gasteiger partial charge in [0.05, 0.1) is 13.0 Å². The Morgan fingerprint density at radius 1 is 1.26 bits per heavy atom. The number of ether oxygens (including phenoxy) is 1. The second kappa shape index (κ2) is 9.53. The van der Waals surface area contributed by atoms with Gasteiger partial charge in [0.2, 0.25) is 11.8 Å². The third-order valence-corrected chi connectivity index (χ3v) is 7.02. The van der Waals surface area contributed by atoms with Crippen LogP contribution in [0.25, 0.3) is 11.3 Å². The SMILES string of the molecule is CCSc1nc(-c2ccccc2)c(NC(=O)C2CC(=O)N(c3cccc(OC)c3)C2)s1. The van der Waals surface area contributed by atoms with Crippen molar-refractivity contribution in [3.63, 3.8) is 0 Å². The van der Waals surface area contributed by atoms with Crippen LogP contribution in [0.2, 0.25) is 0 Å². The third-order valence-electron chi connectivity index (χ3n) is 5.02. The average molecular weight is 454 g/mol. The molecule has 0 saturated carbocycles. The monoisotopic (exact) mass is 453 g/mol. The maximum absolute atomic E-state index is 13.1. The molecule has 8 heteroatoms. The molecule has 2 heterocycles. The molecule has 1 unspecified atom stereocenters. The Morgan fingerprint density at radius 2 is 2.06 bits per heavy atom. The van der Waals surface area contributed by atoms with E-state index in [9.17, 15) is 9.59 Å². The Morgan fingerprint density at radius 3 is 2.81 bits per heavy atom. The fourth-order valence-electron chi connectivity index (χ4n) is 3.49. The first-order valence-electron chi connectivity index (χ1n) is 10.0. The van der Waals surface area contributed by atoms with Crippen LogP contribution in [-0.2, 0) is 9.59 Å². The lowest BCUT2D eigenvalue weighted by atomic mass is 10.1. The molecule has 1 atom stereocenters. The molecule has 1 aliphatic rings. The van der Waals surface area contributed by atoms with Gasteiger partial charge in [-0.3, -0.25) is 9.59 Å². The number of thiazole rings is 1. The van der Waals surface area contributed by atoms with E-state index in [1.165, 1.54) is 11.3 Å². The first-order valence-corrected chi connectivity index (χ1v) is 11.8. The highest BCUT2D eigenvalue weighted by Gasteiger charge is 2.36. The van der Waals surface area contributed by atoms with Crippen LogP contribution in [0.4, 0.5) is 10.7 Å². The zero-order valence-corrected chi connectivity index (χ0v) is 19.0. The van der Waals surface area contributed by atoms with Gasteiger partial charge in [0.15, 0.2) is 4.34 Å². The van der Waals surface area contributed by atoms with Crippen molar-refractivity contribution in [3.05, 3.63) is 54.6 Å². The van der Waals surface area contributed by atoms with Gasteiger partial charge in [0.1, 0.15) is 16.4 Å². The number of thioether (sulfide) groups is 1. The standard InChI is InChI=1S/C23H23N3O3S2/c1-3-30-23-24-20(15-8-5-4-6-9-15)22(31-23)25-21(28)16-12-19(27)26(14-16)17-10-7-11-18(13-17)29-2/h4-11,13,16H,3,12,14H2,1-2H3,(H,25,28). The van der Waals surface area contributed by atoms with E-state index in [0.29, 0.717) is 12.3 Å². The summed E-state index contributed by atoms with van der Waals surface area (Å²) in [6.07, 6.45) is 0.180. The lowest BCUT2D eigenvalue weighted by molar-refractivity contribution is -0.122. The van der Waals surface area contributed by atoms with E-state index in [1.807, 2.05) is 54.6 Å². The van der Waals surface area contributed by atoms with Crippen molar-refractivity contribution in [2.45, 2.75) is 17.7 Å². The second-order valence-electron chi connectivity index (χ2n) is 7.05. The number of carbonyl (C=O) groups excluding carboxylic acids is 2. The number of nitrogens with zero attached hydrogens (tertiary/aromatic N) is 2. The van der Waals surface area contributed by atoms with Crippen molar-refractivity contribution < 1.29 is 14.3 Å². The van der Waals surface area contributed by atoms with Gasteiger partial charge < -0.3 is 15.0 Å². The van der Waals surface area contributed by atoms with Gasteiger partial charge in [-0.15, -0.1) is 0 Å². The van der Waals surface area contributed by atoms with Crippen molar-refractivity contribution in [2.24, 2.45) is 5.92 Å². The quantitative estimate of drug-likeness (QED) is 0.514. The summed E-state index contributed by atoms with van der Waals surface area (Å²) in [5.74, 6) is 0.931. The number of hydrogen-bond donors (Lipinski definition) is 1. The molecule has 6 nitrogen and oxygen atoms in total. The van der Waals surface area contributed by atoms with Crippen molar-refractivity contribution in [1.82, 2.24) is 4.98 Å². The Bertz CT molecular complexity index is 1080. The molecule has 0 aliphatic carbocycles. The number of anilines is 2. The summed E-state index contributed by atoms with van der Waals surface area (Å²) in [6, 6.07) is 17.1. The molecule has 31 heavy (non-hydrogen) atoms. The van der Waals surface area contributed by atoms with Gasteiger partial charge in [-0.2, -0.15) is 0 Å². The van der Waals surface area contributed by atoms with Gasteiger partial charge in [0, 0.05) is 30.3 Å². The van der Waals surface area contributed by atoms with Gasteiger partial charge in [-0.05, 0) is 17.9 Å². The topological polar surface area (TPSA) is 71.5 Å². The minimum Gasteiger partial charge on any atom is -0.497 e. The predicted octanol–water partition coefficient (Wildman–Crippen LogP) is 4.92. The summed E-state index contributed by atoms with van der Waals surface area (Å²) < 4.78 is 6.17. The highest BCUT2D eigenvalue weighted by atomic mass is 32.2. The summed E-state index contributed by atoms with van der Waals surface area (Å²) >= 11 is 3.12. The van der Waals surface area contributed by atoms with E-state index >= 15 is 0 Å². The normalized spacial score (nSPS) is 15.9. The van der Waals surface area contributed by atoms with Gasteiger partial charge in [0.25, 0.3) is 0 Å². The molecule has 0 bridgehead atoms. The minimum atomic E-state index is -0.424. The molecule has 0 radical (unpaired) electrons. The van der Waals surface area contributed by atoms with Crippen LogP contribution < -0.4 is 15.0 Å². The molecule has 1 aliphatic heterocycles. The van der Waals surface area contributed by atoms with Crippen LogP contribution in [0.15, 0.2) is 58.9 Å². The van der Waals surface area contributed by atoms with Crippen LogP contribution in [-0.4, -0.2) is 36.2 Å². The molecule has 1 aromatic heterocycles. The van der Waals surface area contributed by atoms with E-state index < -0.39 is 5.92 Å². The summed E-state index contributed by atoms with van der Waals surface area (Å²) in [6.45, 7) is 2.41. The Labute approximate surface area is 189 Å². The van der Waals surface area contributed by atoms with Crippen molar-refractivity contribution in [1.29, 1.82) is 0 Å². The summed E-state index contributed by atoms with van der Waals surface area (Å²) in [7, 11) is 1.59. The van der Waals surface area contributed by atoms with Crippen LogP contribution in [0, 0.1) is 5.92 Å². The first kappa shape index (κ1) is 21.4. The maximum Gasteiger partial charge on any atom is 0.230 e. The zero-order chi connectivity index (χ0) is 21.8. The van der Waals surface area contributed by atoms with E-state index in [4.69, 9.17) is 9.72 Å². The largest absolute Gasteiger partial charge is 0.497 e. The third kappa shape index (κ3) is 4.75. The van der Waals surface area contributed by atoms with E-state index in [1.54, 1.807) is 23.8 Å². The van der Waals surface area contributed by atoms with Crippen LogP contribution in [0.3, 0.4) is 0 Å². The molecule has 2 amide bonds.